The number of alkyl halides is 3. The molecule has 122 valence electrons. The Balaban J connectivity index is 3.23. The van der Waals surface area contributed by atoms with Crippen LogP contribution in [0.5, 0.6) is 5.75 Å². The first-order valence-corrected chi connectivity index (χ1v) is 7.88. The second-order valence-corrected chi connectivity index (χ2v) is 6.21. The van der Waals surface area contributed by atoms with Gasteiger partial charge in [0.2, 0.25) is 10.0 Å². The van der Waals surface area contributed by atoms with Crippen LogP contribution >= 0.6 is 0 Å². The number of para-hydroxylation sites is 1. The number of hydrogen-bond donors (Lipinski definition) is 0. The zero-order chi connectivity index (χ0) is 16.8. The fraction of sp³-hybridized carbons (Fsp3) is 0.462. The van der Waals surface area contributed by atoms with Gasteiger partial charge in [-0.3, -0.25) is 0 Å². The maximum absolute atomic E-state index is 12.5. The maximum atomic E-state index is 12.5. The van der Waals surface area contributed by atoms with Crippen molar-refractivity contribution in [2.45, 2.75) is 31.0 Å². The number of nitrogens with zero attached hydrogens (tertiary/aromatic N) is 2. The molecule has 0 aliphatic rings. The van der Waals surface area contributed by atoms with E-state index >= 15 is 0 Å². The molecule has 0 radical (unpaired) electrons. The maximum Gasteiger partial charge on any atom is 0.573 e. The lowest BCUT2D eigenvalue weighted by atomic mass is 10.3. The second-order valence-electron chi connectivity index (χ2n) is 4.31. The van der Waals surface area contributed by atoms with Gasteiger partial charge < -0.3 is 4.74 Å². The van der Waals surface area contributed by atoms with Crippen LogP contribution in [0, 0.1) is 11.3 Å². The van der Waals surface area contributed by atoms with E-state index in [0.717, 1.165) is 16.4 Å². The Morgan fingerprint density at radius 2 is 1.91 bits per heavy atom. The second kappa shape index (κ2) is 7.47. The Morgan fingerprint density at radius 1 is 1.27 bits per heavy atom. The van der Waals surface area contributed by atoms with E-state index in [0.29, 0.717) is 6.42 Å². The molecule has 0 amide bonds. The molecule has 0 saturated carbocycles. The predicted molar refractivity (Wildman–Crippen MR) is 72.4 cm³/mol. The number of nitriles is 1. The smallest absolute Gasteiger partial charge is 0.404 e. The van der Waals surface area contributed by atoms with Crippen LogP contribution in [0.25, 0.3) is 0 Å². The van der Waals surface area contributed by atoms with Gasteiger partial charge in [-0.05, 0) is 18.6 Å². The van der Waals surface area contributed by atoms with Crippen molar-refractivity contribution >= 4 is 10.0 Å². The van der Waals surface area contributed by atoms with Gasteiger partial charge in [0, 0.05) is 19.5 Å². The molecule has 1 rings (SSSR count). The number of sulfonamides is 1. The van der Waals surface area contributed by atoms with Crippen molar-refractivity contribution in [2.75, 3.05) is 13.1 Å². The molecule has 0 bridgehead atoms. The van der Waals surface area contributed by atoms with E-state index in [1.54, 1.807) is 6.92 Å². The third-order valence-electron chi connectivity index (χ3n) is 2.64. The third-order valence-corrected chi connectivity index (χ3v) is 4.58. The summed E-state index contributed by atoms with van der Waals surface area (Å²) in [6, 6.07) is 6.36. The van der Waals surface area contributed by atoms with Gasteiger partial charge in [0.25, 0.3) is 0 Å². The molecule has 5 nitrogen and oxygen atoms in total. The number of hydrogen-bond acceptors (Lipinski definition) is 4. The summed E-state index contributed by atoms with van der Waals surface area (Å²) in [4.78, 5) is -0.571. The van der Waals surface area contributed by atoms with Gasteiger partial charge in [-0.2, -0.15) is 9.57 Å². The lowest BCUT2D eigenvalue weighted by Gasteiger charge is -2.22. The van der Waals surface area contributed by atoms with E-state index in [4.69, 9.17) is 5.26 Å². The predicted octanol–water partition coefficient (Wildman–Crippen LogP) is 2.90. The summed E-state index contributed by atoms with van der Waals surface area (Å²) in [6.45, 7) is 1.74. The minimum Gasteiger partial charge on any atom is -0.404 e. The van der Waals surface area contributed by atoms with E-state index in [1.165, 1.54) is 12.1 Å². The molecule has 0 aliphatic heterocycles. The Bertz CT molecular complexity index is 639. The third kappa shape index (κ3) is 4.89. The molecule has 0 aliphatic carbocycles. The lowest BCUT2D eigenvalue weighted by Crippen LogP contribution is -2.33. The van der Waals surface area contributed by atoms with Gasteiger partial charge in [0.15, 0.2) is 0 Å². The largest absolute Gasteiger partial charge is 0.573 e. The monoisotopic (exact) mass is 336 g/mol. The summed E-state index contributed by atoms with van der Waals surface area (Å²) in [7, 11) is -4.18. The fourth-order valence-corrected chi connectivity index (χ4v) is 3.43. The molecule has 0 heterocycles. The SMILES string of the molecule is CCCN(CCC#N)S(=O)(=O)c1ccccc1OC(F)(F)F. The first kappa shape index (κ1) is 18.3. The molecule has 9 heteroatoms. The van der Waals surface area contributed by atoms with Gasteiger partial charge in [-0.1, -0.05) is 19.1 Å². The quantitative estimate of drug-likeness (QED) is 0.768. The van der Waals surface area contributed by atoms with Crippen molar-refractivity contribution in [3.8, 4) is 11.8 Å². The molecule has 1 aromatic rings. The molecular weight excluding hydrogens is 321 g/mol. The molecule has 1 aromatic carbocycles. The Kier molecular flexibility index (Phi) is 6.20. The average molecular weight is 336 g/mol. The van der Waals surface area contributed by atoms with Crippen LogP contribution in [0.1, 0.15) is 19.8 Å². The molecule has 0 spiro atoms. The van der Waals surface area contributed by atoms with Gasteiger partial charge in [0.05, 0.1) is 6.07 Å². The van der Waals surface area contributed by atoms with Crippen molar-refractivity contribution in [1.29, 1.82) is 5.26 Å². The van der Waals surface area contributed by atoms with Crippen LogP contribution in [-0.4, -0.2) is 32.2 Å². The molecule has 0 saturated heterocycles. The zero-order valence-electron chi connectivity index (χ0n) is 11.8. The number of ether oxygens (including phenoxy) is 1. The summed E-state index contributed by atoms with van der Waals surface area (Å²) in [5, 5.41) is 8.58. The summed E-state index contributed by atoms with van der Waals surface area (Å²) in [6.07, 6.45) is -4.58. The van der Waals surface area contributed by atoms with Crippen molar-refractivity contribution in [1.82, 2.24) is 4.31 Å². The highest BCUT2D eigenvalue weighted by Gasteiger charge is 2.35. The van der Waals surface area contributed by atoms with Gasteiger partial charge in [0.1, 0.15) is 10.6 Å². The average Bonchev–Trinajstić information content (AvgIpc) is 2.42. The van der Waals surface area contributed by atoms with Crippen LogP contribution in [-0.2, 0) is 10.0 Å². The van der Waals surface area contributed by atoms with Crippen LogP contribution < -0.4 is 4.74 Å². The molecule has 0 N–H and O–H groups in total. The molecule has 22 heavy (non-hydrogen) atoms. The van der Waals surface area contributed by atoms with E-state index < -0.39 is 27.0 Å². The summed E-state index contributed by atoms with van der Waals surface area (Å²) in [5.74, 6) is -0.784. The van der Waals surface area contributed by atoms with Crippen LogP contribution in [0.3, 0.4) is 0 Å². The van der Waals surface area contributed by atoms with Crippen LogP contribution in [0.15, 0.2) is 29.2 Å². The van der Waals surface area contributed by atoms with Crippen molar-refractivity contribution < 1.29 is 26.3 Å². The Morgan fingerprint density at radius 3 is 2.45 bits per heavy atom. The summed E-state index contributed by atoms with van der Waals surface area (Å²) < 4.78 is 66.9. The van der Waals surface area contributed by atoms with Crippen LogP contribution in [0.4, 0.5) is 13.2 Å². The first-order chi connectivity index (χ1) is 10.2. The highest BCUT2D eigenvalue weighted by molar-refractivity contribution is 7.89. The highest BCUT2D eigenvalue weighted by Crippen LogP contribution is 2.31. The van der Waals surface area contributed by atoms with E-state index in [1.807, 2.05) is 6.07 Å². The number of benzene rings is 1. The standard InChI is InChI=1S/C13H15F3N2O3S/c1-2-9-18(10-5-8-17)22(19,20)12-7-4-3-6-11(12)21-13(14,15)16/h3-4,6-7H,2,5,9-10H2,1H3. The minimum absolute atomic E-state index is 0.0540. The number of rotatable bonds is 7. The van der Waals surface area contributed by atoms with Crippen molar-refractivity contribution in [2.24, 2.45) is 0 Å². The lowest BCUT2D eigenvalue weighted by molar-refractivity contribution is -0.275. The Hall–Kier alpha value is -1.79. The van der Waals surface area contributed by atoms with Gasteiger partial charge >= 0.3 is 6.36 Å². The molecule has 0 fully saturated rings. The molecule has 0 unspecified atom stereocenters. The molecule has 0 aromatic heterocycles. The first-order valence-electron chi connectivity index (χ1n) is 6.44. The van der Waals surface area contributed by atoms with E-state index in [2.05, 4.69) is 4.74 Å². The molecule has 0 atom stereocenters. The summed E-state index contributed by atoms with van der Waals surface area (Å²) in [5.41, 5.74) is 0. The van der Waals surface area contributed by atoms with Gasteiger partial charge in [-0.15, -0.1) is 13.2 Å². The number of halogens is 3. The fourth-order valence-electron chi connectivity index (χ4n) is 1.79. The van der Waals surface area contributed by atoms with Crippen molar-refractivity contribution in [3.05, 3.63) is 24.3 Å². The van der Waals surface area contributed by atoms with Crippen molar-refractivity contribution in [3.63, 3.8) is 0 Å². The van der Waals surface area contributed by atoms with Gasteiger partial charge in [-0.25, -0.2) is 8.42 Å². The summed E-state index contributed by atoms with van der Waals surface area (Å²) >= 11 is 0. The zero-order valence-corrected chi connectivity index (χ0v) is 12.6. The highest BCUT2D eigenvalue weighted by atomic mass is 32.2. The van der Waals surface area contributed by atoms with E-state index in [-0.39, 0.29) is 19.5 Å². The topological polar surface area (TPSA) is 70.4 Å². The normalized spacial score (nSPS) is 12.2. The van der Waals surface area contributed by atoms with Crippen LogP contribution in [0.2, 0.25) is 0 Å². The van der Waals surface area contributed by atoms with E-state index in [9.17, 15) is 21.6 Å². The molecular formula is C13H15F3N2O3S. The Labute approximate surface area is 127 Å². The minimum atomic E-state index is -4.99.